The van der Waals surface area contributed by atoms with Crippen LogP contribution in [0.3, 0.4) is 0 Å². The first-order valence-corrected chi connectivity index (χ1v) is 7.23. The van der Waals surface area contributed by atoms with Crippen molar-refractivity contribution in [2.75, 3.05) is 18.4 Å². The van der Waals surface area contributed by atoms with Crippen molar-refractivity contribution in [3.05, 3.63) is 12.3 Å². The van der Waals surface area contributed by atoms with Crippen LogP contribution in [-0.4, -0.2) is 45.0 Å². The summed E-state index contributed by atoms with van der Waals surface area (Å²) in [6.07, 6.45) is 1.58. The van der Waals surface area contributed by atoms with Crippen LogP contribution in [0.2, 0.25) is 0 Å². The second-order valence-corrected chi connectivity index (χ2v) is 7.10. The Kier molecular flexibility index (Phi) is 5.25. The zero-order chi connectivity index (χ0) is 16.3. The Balaban J connectivity index is 2.60. The molecule has 0 aliphatic heterocycles. The lowest BCUT2D eigenvalue weighted by atomic mass is 10.1. The molecule has 0 saturated carbocycles. The fourth-order valence-corrected chi connectivity index (χ4v) is 1.82. The Hall–Kier alpha value is -1.72. The Labute approximate surface area is 127 Å². The summed E-state index contributed by atoms with van der Waals surface area (Å²) in [5, 5.41) is 7.45. The topological polar surface area (TPSA) is 59.4 Å². The van der Waals surface area contributed by atoms with Gasteiger partial charge >= 0.3 is 6.09 Å². The minimum atomic E-state index is -0.491. The predicted molar refractivity (Wildman–Crippen MR) is 84.4 cm³/mol. The van der Waals surface area contributed by atoms with E-state index in [0.717, 1.165) is 5.82 Å². The largest absolute Gasteiger partial charge is 0.444 e. The normalized spacial score (nSPS) is 12.1. The molecule has 1 heterocycles. The molecule has 1 aromatic heterocycles. The number of aromatic nitrogens is 2. The number of aryl methyl sites for hydroxylation is 1. The van der Waals surface area contributed by atoms with Gasteiger partial charge in [-0.1, -0.05) is 0 Å². The molecule has 0 saturated heterocycles. The van der Waals surface area contributed by atoms with Crippen molar-refractivity contribution in [2.24, 2.45) is 7.05 Å². The van der Waals surface area contributed by atoms with Crippen molar-refractivity contribution < 1.29 is 9.53 Å². The third kappa shape index (κ3) is 6.06. The summed E-state index contributed by atoms with van der Waals surface area (Å²) in [5.41, 5.74) is -0.789. The Bertz CT molecular complexity index is 469. The number of rotatable bonds is 4. The zero-order valence-corrected chi connectivity index (χ0v) is 14.2. The molecule has 1 N–H and O–H groups in total. The Morgan fingerprint density at radius 1 is 1.33 bits per heavy atom. The molecular formula is C15H28N4O2. The molecule has 1 rings (SSSR count). The highest BCUT2D eigenvalue weighted by Crippen LogP contribution is 2.18. The highest BCUT2D eigenvalue weighted by Gasteiger charge is 2.30. The van der Waals surface area contributed by atoms with Gasteiger partial charge in [0.15, 0.2) is 0 Å². The fraction of sp³-hybridized carbons (Fsp3) is 0.733. The molecule has 0 aliphatic rings. The van der Waals surface area contributed by atoms with E-state index >= 15 is 0 Å². The van der Waals surface area contributed by atoms with Crippen LogP contribution in [0.5, 0.6) is 0 Å². The maximum atomic E-state index is 12.3. The number of hydrogen-bond acceptors (Lipinski definition) is 4. The second-order valence-electron chi connectivity index (χ2n) is 7.10. The molecule has 6 nitrogen and oxygen atoms in total. The van der Waals surface area contributed by atoms with E-state index in [0.29, 0.717) is 13.1 Å². The van der Waals surface area contributed by atoms with Gasteiger partial charge in [0.1, 0.15) is 11.4 Å². The average Bonchev–Trinajstić information content (AvgIpc) is 2.66. The zero-order valence-electron chi connectivity index (χ0n) is 14.2. The molecule has 1 aromatic rings. The van der Waals surface area contributed by atoms with Crippen LogP contribution >= 0.6 is 0 Å². The number of ether oxygens (including phenoxy) is 1. The minimum Gasteiger partial charge on any atom is -0.444 e. The van der Waals surface area contributed by atoms with Gasteiger partial charge in [0.25, 0.3) is 0 Å². The summed E-state index contributed by atoms with van der Waals surface area (Å²) in [6.45, 7) is 12.8. The summed E-state index contributed by atoms with van der Waals surface area (Å²) < 4.78 is 7.21. The highest BCUT2D eigenvalue weighted by molar-refractivity contribution is 5.69. The quantitative estimate of drug-likeness (QED) is 0.928. The molecule has 0 aliphatic carbocycles. The van der Waals surface area contributed by atoms with Crippen LogP contribution < -0.4 is 5.32 Å². The Morgan fingerprint density at radius 3 is 2.38 bits per heavy atom. The van der Waals surface area contributed by atoms with E-state index in [2.05, 4.69) is 10.4 Å². The van der Waals surface area contributed by atoms with Gasteiger partial charge in [-0.3, -0.25) is 4.68 Å². The summed E-state index contributed by atoms with van der Waals surface area (Å²) in [7, 11) is 1.87. The van der Waals surface area contributed by atoms with Gasteiger partial charge in [-0.2, -0.15) is 5.10 Å². The van der Waals surface area contributed by atoms with Crippen LogP contribution in [0.15, 0.2) is 12.3 Å². The summed E-state index contributed by atoms with van der Waals surface area (Å²) in [5.74, 6) is 0.801. The summed E-state index contributed by atoms with van der Waals surface area (Å²) >= 11 is 0. The smallest absolute Gasteiger partial charge is 0.410 e. The number of carbonyl (C=O) groups excluding carboxylic acids is 1. The van der Waals surface area contributed by atoms with E-state index < -0.39 is 5.60 Å². The molecule has 0 atom stereocenters. The molecule has 120 valence electrons. The monoisotopic (exact) mass is 296 g/mol. The molecule has 0 bridgehead atoms. The fourth-order valence-electron chi connectivity index (χ4n) is 1.82. The van der Waals surface area contributed by atoms with Crippen molar-refractivity contribution in [1.29, 1.82) is 0 Å². The van der Waals surface area contributed by atoms with Crippen LogP contribution in [0.4, 0.5) is 10.6 Å². The minimum absolute atomic E-state index is 0.294. The van der Waals surface area contributed by atoms with Crippen LogP contribution in [-0.2, 0) is 11.8 Å². The Morgan fingerprint density at radius 2 is 1.95 bits per heavy atom. The van der Waals surface area contributed by atoms with Crippen LogP contribution in [0, 0.1) is 0 Å². The SMILES string of the molecule is Cn1ccc(NCCN(C(=O)OC(C)(C)C)C(C)(C)C)n1. The first-order valence-electron chi connectivity index (χ1n) is 7.23. The van der Waals surface area contributed by atoms with E-state index in [1.54, 1.807) is 9.58 Å². The molecule has 6 heteroatoms. The molecule has 0 spiro atoms. The lowest BCUT2D eigenvalue weighted by Crippen LogP contribution is -2.49. The van der Waals surface area contributed by atoms with Crippen molar-refractivity contribution >= 4 is 11.9 Å². The molecular weight excluding hydrogens is 268 g/mol. The van der Waals surface area contributed by atoms with Gasteiger partial charge in [-0.15, -0.1) is 0 Å². The van der Waals surface area contributed by atoms with Gasteiger partial charge in [-0.25, -0.2) is 4.79 Å². The maximum absolute atomic E-state index is 12.3. The lowest BCUT2D eigenvalue weighted by Gasteiger charge is -2.36. The molecule has 0 aromatic carbocycles. The lowest BCUT2D eigenvalue weighted by molar-refractivity contribution is 0.00748. The van der Waals surface area contributed by atoms with E-state index in [9.17, 15) is 4.79 Å². The number of carbonyl (C=O) groups is 1. The standard InChI is InChI=1S/C15H28N4O2/c1-14(2,3)19(13(20)21-15(4,5)6)11-9-16-12-8-10-18(7)17-12/h8,10H,9,11H2,1-7H3,(H,16,17). The second kappa shape index (κ2) is 6.37. The predicted octanol–water partition coefficient (Wildman–Crippen LogP) is 2.87. The number of hydrogen-bond donors (Lipinski definition) is 1. The van der Waals surface area contributed by atoms with Crippen molar-refractivity contribution in [1.82, 2.24) is 14.7 Å². The van der Waals surface area contributed by atoms with E-state index in [1.807, 2.05) is 60.9 Å². The number of anilines is 1. The molecule has 21 heavy (non-hydrogen) atoms. The van der Waals surface area contributed by atoms with E-state index in [-0.39, 0.29) is 11.6 Å². The van der Waals surface area contributed by atoms with Gasteiger partial charge < -0.3 is 15.0 Å². The van der Waals surface area contributed by atoms with Crippen molar-refractivity contribution in [3.63, 3.8) is 0 Å². The molecule has 0 radical (unpaired) electrons. The third-order valence-corrected chi connectivity index (χ3v) is 2.78. The van der Waals surface area contributed by atoms with Crippen molar-refractivity contribution in [2.45, 2.75) is 52.7 Å². The third-order valence-electron chi connectivity index (χ3n) is 2.78. The van der Waals surface area contributed by atoms with E-state index in [4.69, 9.17) is 4.74 Å². The molecule has 0 unspecified atom stereocenters. The van der Waals surface area contributed by atoms with Crippen LogP contribution in [0.25, 0.3) is 0 Å². The number of amides is 1. The van der Waals surface area contributed by atoms with E-state index in [1.165, 1.54) is 0 Å². The van der Waals surface area contributed by atoms with Gasteiger partial charge in [-0.05, 0) is 41.5 Å². The highest BCUT2D eigenvalue weighted by atomic mass is 16.6. The summed E-state index contributed by atoms with van der Waals surface area (Å²) in [4.78, 5) is 14.0. The number of nitrogens with zero attached hydrogens (tertiary/aromatic N) is 3. The first-order chi connectivity index (χ1) is 9.49. The average molecular weight is 296 g/mol. The first kappa shape index (κ1) is 17.3. The maximum Gasteiger partial charge on any atom is 0.410 e. The summed E-state index contributed by atoms with van der Waals surface area (Å²) in [6, 6.07) is 1.90. The van der Waals surface area contributed by atoms with Gasteiger partial charge in [0, 0.05) is 37.9 Å². The molecule has 1 amide bonds. The number of nitrogens with one attached hydrogen (secondary N) is 1. The van der Waals surface area contributed by atoms with Crippen molar-refractivity contribution in [3.8, 4) is 0 Å². The molecule has 0 fully saturated rings. The van der Waals surface area contributed by atoms with Gasteiger partial charge in [0.05, 0.1) is 0 Å². The van der Waals surface area contributed by atoms with Gasteiger partial charge in [0.2, 0.25) is 0 Å². The van der Waals surface area contributed by atoms with Crippen LogP contribution in [0.1, 0.15) is 41.5 Å².